The third kappa shape index (κ3) is 3.98. The molecule has 1 aromatic rings. The first-order valence-electron chi connectivity index (χ1n) is 7.92. The predicted molar refractivity (Wildman–Crippen MR) is 88.0 cm³/mol. The maximum atomic E-state index is 13.0. The zero-order valence-corrected chi connectivity index (χ0v) is 13.7. The quantitative estimate of drug-likeness (QED) is 0.900. The highest BCUT2D eigenvalue weighted by Gasteiger charge is 2.26. The highest BCUT2D eigenvalue weighted by molar-refractivity contribution is 6.31. The van der Waals surface area contributed by atoms with Crippen LogP contribution in [0.2, 0.25) is 5.02 Å². The summed E-state index contributed by atoms with van der Waals surface area (Å²) in [5, 5.41) is 4.03. The summed E-state index contributed by atoms with van der Waals surface area (Å²) in [7, 11) is 0. The SMILES string of the molecule is CCCCN(C(=O)c1cccc(Cl)c1C)C1CCNCC1. The highest BCUT2D eigenvalue weighted by Crippen LogP contribution is 2.23. The molecule has 1 aliphatic rings. The van der Waals surface area contributed by atoms with Crippen LogP contribution in [-0.4, -0.2) is 36.5 Å². The second-order valence-electron chi connectivity index (χ2n) is 5.75. The van der Waals surface area contributed by atoms with E-state index in [0.29, 0.717) is 11.1 Å². The van der Waals surface area contributed by atoms with Crippen LogP contribution >= 0.6 is 11.6 Å². The summed E-state index contributed by atoms with van der Waals surface area (Å²) in [6.07, 6.45) is 4.22. The minimum atomic E-state index is 0.135. The van der Waals surface area contributed by atoms with Crippen molar-refractivity contribution in [3.63, 3.8) is 0 Å². The molecule has 0 spiro atoms. The van der Waals surface area contributed by atoms with E-state index < -0.39 is 0 Å². The summed E-state index contributed by atoms with van der Waals surface area (Å²) >= 11 is 6.17. The molecule has 0 bridgehead atoms. The first-order valence-corrected chi connectivity index (χ1v) is 8.29. The fourth-order valence-corrected chi connectivity index (χ4v) is 3.07. The number of rotatable bonds is 5. The highest BCUT2D eigenvalue weighted by atomic mass is 35.5. The van der Waals surface area contributed by atoms with E-state index in [1.54, 1.807) is 0 Å². The molecule has 21 heavy (non-hydrogen) atoms. The van der Waals surface area contributed by atoms with E-state index in [4.69, 9.17) is 11.6 Å². The summed E-state index contributed by atoms with van der Waals surface area (Å²) in [6, 6.07) is 5.95. The Morgan fingerprint density at radius 2 is 2.10 bits per heavy atom. The van der Waals surface area contributed by atoms with E-state index in [-0.39, 0.29) is 5.91 Å². The Hall–Kier alpha value is -1.06. The average Bonchev–Trinajstić information content (AvgIpc) is 2.51. The van der Waals surface area contributed by atoms with Gasteiger partial charge in [0.1, 0.15) is 0 Å². The number of carbonyl (C=O) groups excluding carboxylic acids is 1. The second-order valence-corrected chi connectivity index (χ2v) is 6.15. The summed E-state index contributed by atoms with van der Waals surface area (Å²) in [4.78, 5) is 15.0. The van der Waals surface area contributed by atoms with Gasteiger partial charge in [-0.3, -0.25) is 4.79 Å². The Morgan fingerprint density at radius 3 is 2.76 bits per heavy atom. The number of amides is 1. The lowest BCUT2D eigenvalue weighted by molar-refractivity contribution is 0.0638. The zero-order chi connectivity index (χ0) is 15.2. The van der Waals surface area contributed by atoms with Crippen molar-refractivity contribution in [1.82, 2.24) is 10.2 Å². The standard InChI is InChI=1S/C17H25ClN2O/c1-3-4-12-20(14-8-10-19-11-9-14)17(21)15-6-5-7-16(18)13(15)2/h5-7,14,19H,3-4,8-12H2,1-2H3. The number of hydrogen-bond donors (Lipinski definition) is 1. The summed E-state index contributed by atoms with van der Waals surface area (Å²) < 4.78 is 0. The minimum Gasteiger partial charge on any atom is -0.336 e. The molecule has 0 aromatic heterocycles. The van der Waals surface area contributed by atoms with Crippen LogP contribution in [0.4, 0.5) is 0 Å². The molecule has 1 amide bonds. The van der Waals surface area contributed by atoms with Gasteiger partial charge in [0.25, 0.3) is 5.91 Å². The number of benzene rings is 1. The van der Waals surface area contributed by atoms with Gasteiger partial charge in [0.15, 0.2) is 0 Å². The Balaban J connectivity index is 2.22. The van der Waals surface area contributed by atoms with Crippen LogP contribution in [0.15, 0.2) is 18.2 Å². The third-order valence-electron chi connectivity index (χ3n) is 4.26. The fraction of sp³-hybridized carbons (Fsp3) is 0.588. The van der Waals surface area contributed by atoms with Crippen LogP contribution in [-0.2, 0) is 0 Å². The van der Waals surface area contributed by atoms with Crippen molar-refractivity contribution in [3.05, 3.63) is 34.3 Å². The molecule has 0 saturated carbocycles. The van der Waals surface area contributed by atoms with Crippen molar-refractivity contribution in [1.29, 1.82) is 0 Å². The number of piperidine rings is 1. The van der Waals surface area contributed by atoms with Crippen LogP contribution < -0.4 is 5.32 Å². The molecule has 4 heteroatoms. The van der Waals surface area contributed by atoms with Gasteiger partial charge in [-0.2, -0.15) is 0 Å². The van der Waals surface area contributed by atoms with Crippen LogP contribution in [0.5, 0.6) is 0 Å². The van der Waals surface area contributed by atoms with Gasteiger partial charge in [-0.15, -0.1) is 0 Å². The van der Waals surface area contributed by atoms with E-state index in [0.717, 1.165) is 56.4 Å². The predicted octanol–water partition coefficient (Wildman–Crippen LogP) is 3.64. The monoisotopic (exact) mass is 308 g/mol. The number of halogens is 1. The molecular formula is C17H25ClN2O. The summed E-state index contributed by atoms with van der Waals surface area (Å²) in [5.41, 5.74) is 1.64. The molecule has 116 valence electrons. The van der Waals surface area contributed by atoms with Crippen molar-refractivity contribution >= 4 is 17.5 Å². The molecule has 1 saturated heterocycles. The van der Waals surface area contributed by atoms with Gasteiger partial charge in [0.2, 0.25) is 0 Å². The van der Waals surface area contributed by atoms with Crippen molar-refractivity contribution in [2.24, 2.45) is 0 Å². The van der Waals surface area contributed by atoms with Crippen LogP contribution in [0, 0.1) is 6.92 Å². The van der Waals surface area contributed by atoms with Crippen molar-refractivity contribution in [2.45, 2.75) is 45.6 Å². The number of nitrogens with zero attached hydrogens (tertiary/aromatic N) is 1. The topological polar surface area (TPSA) is 32.3 Å². The fourth-order valence-electron chi connectivity index (χ4n) is 2.89. The minimum absolute atomic E-state index is 0.135. The Labute approximate surface area is 132 Å². The number of hydrogen-bond acceptors (Lipinski definition) is 2. The molecule has 1 aromatic carbocycles. The first kappa shape index (κ1) is 16.3. The lowest BCUT2D eigenvalue weighted by atomic mass is 10.0. The van der Waals surface area contributed by atoms with Crippen LogP contribution in [0.3, 0.4) is 0 Å². The lowest BCUT2D eigenvalue weighted by Crippen LogP contribution is -2.46. The molecule has 0 unspecified atom stereocenters. The Kier molecular flexibility index (Phi) is 6.07. The van der Waals surface area contributed by atoms with Crippen molar-refractivity contribution in [2.75, 3.05) is 19.6 Å². The van der Waals surface area contributed by atoms with E-state index in [1.807, 2.05) is 25.1 Å². The second kappa shape index (κ2) is 7.81. The Morgan fingerprint density at radius 1 is 1.38 bits per heavy atom. The van der Waals surface area contributed by atoms with Gasteiger partial charge in [-0.05, 0) is 57.0 Å². The molecule has 1 aliphatic heterocycles. The van der Waals surface area contributed by atoms with Crippen LogP contribution in [0.25, 0.3) is 0 Å². The molecule has 1 heterocycles. The largest absolute Gasteiger partial charge is 0.336 e. The molecule has 2 rings (SSSR count). The summed E-state index contributed by atoms with van der Waals surface area (Å²) in [6.45, 7) is 6.92. The lowest BCUT2D eigenvalue weighted by Gasteiger charge is -2.35. The van der Waals surface area contributed by atoms with Crippen LogP contribution in [0.1, 0.15) is 48.5 Å². The van der Waals surface area contributed by atoms with Gasteiger partial charge in [-0.1, -0.05) is 31.0 Å². The Bertz CT molecular complexity index is 484. The molecule has 0 radical (unpaired) electrons. The van der Waals surface area contributed by atoms with Crippen molar-refractivity contribution < 1.29 is 4.79 Å². The maximum Gasteiger partial charge on any atom is 0.254 e. The van der Waals surface area contributed by atoms with Gasteiger partial charge < -0.3 is 10.2 Å². The molecule has 3 nitrogen and oxygen atoms in total. The van der Waals surface area contributed by atoms with Gasteiger partial charge in [0.05, 0.1) is 0 Å². The smallest absolute Gasteiger partial charge is 0.254 e. The molecular weight excluding hydrogens is 284 g/mol. The third-order valence-corrected chi connectivity index (χ3v) is 4.67. The maximum absolute atomic E-state index is 13.0. The number of unbranched alkanes of at least 4 members (excludes halogenated alkanes) is 1. The molecule has 0 aliphatic carbocycles. The first-order chi connectivity index (χ1) is 10.1. The molecule has 0 atom stereocenters. The van der Waals surface area contributed by atoms with Crippen molar-refractivity contribution in [3.8, 4) is 0 Å². The van der Waals surface area contributed by atoms with Gasteiger partial charge in [-0.25, -0.2) is 0 Å². The van der Waals surface area contributed by atoms with E-state index in [9.17, 15) is 4.79 Å². The van der Waals surface area contributed by atoms with E-state index in [2.05, 4.69) is 17.1 Å². The van der Waals surface area contributed by atoms with E-state index >= 15 is 0 Å². The van der Waals surface area contributed by atoms with Gasteiger partial charge >= 0.3 is 0 Å². The average molecular weight is 309 g/mol. The molecule has 1 fully saturated rings. The number of carbonyl (C=O) groups is 1. The zero-order valence-electron chi connectivity index (χ0n) is 13.0. The van der Waals surface area contributed by atoms with E-state index in [1.165, 1.54) is 0 Å². The number of nitrogens with one attached hydrogen (secondary N) is 1. The summed E-state index contributed by atoms with van der Waals surface area (Å²) in [5.74, 6) is 0.135. The molecule has 1 N–H and O–H groups in total. The van der Waals surface area contributed by atoms with Gasteiger partial charge in [0, 0.05) is 23.2 Å². The normalized spacial score (nSPS) is 16.0.